The van der Waals surface area contributed by atoms with Crippen LogP contribution >= 0.6 is 22.9 Å². The molecule has 8 heteroatoms. The minimum atomic E-state index is -0.503. The fourth-order valence-electron chi connectivity index (χ4n) is 1.93. The molecule has 2 rings (SSSR count). The smallest absolute Gasteiger partial charge is 0.307 e. The van der Waals surface area contributed by atoms with Crippen LogP contribution in [0.3, 0.4) is 0 Å². The molecule has 1 amide bonds. The molecule has 1 N–H and O–H groups in total. The van der Waals surface area contributed by atoms with E-state index in [9.17, 15) is 14.0 Å². The van der Waals surface area contributed by atoms with Gasteiger partial charge in [-0.25, -0.2) is 4.39 Å². The Balaban J connectivity index is 1.96. The van der Waals surface area contributed by atoms with Gasteiger partial charge in [0.25, 0.3) is 5.91 Å². The van der Waals surface area contributed by atoms with Crippen LogP contribution in [0.2, 0.25) is 5.02 Å². The van der Waals surface area contributed by atoms with E-state index in [0.717, 1.165) is 10.9 Å². The minimum Gasteiger partial charge on any atom is -0.482 e. The summed E-state index contributed by atoms with van der Waals surface area (Å²) in [5.74, 6) is -1.16. The number of methoxy groups -OCH3 is 1. The summed E-state index contributed by atoms with van der Waals surface area (Å²) in [5, 5.41) is 4.64. The van der Waals surface area contributed by atoms with Gasteiger partial charge in [-0.3, -0.25) is 9.59 Å². The normalized spacial score (nSPS) is 11.6. The van der Waals surface area contributed by atoms with Crippen LogP contribution in [0.4, 0.5) is 4.39 Å². The van der Waals surface area contributed by atoms with E-state index in [4.69, 9.17) is 16.3 Å². The van der Waals surface area contributed by atoms with Crippen LogP contribution in [-0.4, -0.2) is 25.6 Å². The van der Waals surface area contributed by atoms with Gasteiger partial charge in [-0.15, -0.1) is 11.3 Å². The maximum atomic E-state index is 13.0. The molecular formula is C16H15ClFNO4S. The second-order valence-corrected chi connectivity index (χ2v) is 6.17. The van der Waals surface area contributed by atoms with Gasteiger partial charge in [0.1, 0.15) is 11.6 Å². The van der Waals surface area contributed by atoms with E-state index in [2.05, 4.69) is 10.1 Å². The largest absolute Gasteiger partial charge is 0.482 e. The lowest BCUT2D eigenvalue weighted by Gasteiger charge is -2.17. The number of thiophene rings is 1. The first-order chi connectivity index (χ1) is 11.5. The summed E-state index contributed by atoms with van der Waals surface area (Å²) in [6, 6.07) is 6.76. The SMILES string of the molecule is COC(=O)C[C@H](NC(=O)COc1ccc(F)cc1Cl)c1cccs1. The van der Waals surface area contributed by atoms with Gasteiger partial charge in [0.15, 0.2) is 6.61 Å². The van der Waals surface area contributed by atoms with Gasteiger partial charge in [0.05, 0.1) is 24.6 Å². The van der Waals surface area contributed by atoms with Crippen molar-refractivity contribution in [3.63, 3.8) is 0 Å². The molecule has 24 heavy (non-hydrogen) atoms. The van der Waals surface area contributed by atoms with Crippen molar-refractivity contribution in [3.8, 4) is 5.75 Å². The Labute approximate surface area is 147 Å². The summed E-state index contributed by atoms with van der Waals surface area (Å²) < 4.78 is 22.9. The third-order valence-electron chi connectivity index (χ3n) is 3.07. The lowest BCUT2D eigenvalue weighted by molar-refractivity contribution is -0.141. The molecule has 0 saturated carbocycles. The number of benzene rings is 1. The first-order valence-corrected chi connectivity index (χ1v) is 8.22. The Kier molecular flexibility index (Phi) is 6.57. The van der Waals surface area contributed by atoms with Gasteiger partial charge in [-0.2, -0.15) is 0 Å². The monoisotopic (exact) mass is 371 g/mol. The average Bonchev–Trinajstić information content (AvgIpc) is 3.07. The Morgan fingerprint density at radius 2 is 2.17 bits per heavy atom. The maximum Gasteiger partial charge on any atom is 0.307 e. The summed E-state index contributed by atoms with van der Waals surface area (Å²) in [6.45, 7) is -0.311. The first kappa shape index (κ1) is 18.2. The molecule has 2 aromatic rings. The number of esters is 1. The van der Waals surface area contributed by atoms with Gasteiger partial charge in [0.2, 0.25) is 0 Å². The zero-order chi connectivity index (χ0) is 17.5. The molecule has 1 aromatic carbocycles. The molecule has 0 aliphatic carbocycles. The van der Waals surface area contributed by atoms with Crippen LogP contribution in [-0.2, 0) is 14.3 Å². The van der Waals surface area contributed by atoms with Crippen molar-refractivity contribution in [1.29, 1.82) is 0 Å². The average molecular weight is 372 g/mol. The van der Waals surface area contributed by atoms with E-state index in [1.807, 2.05) is 17.5 Å². The van der Waals surface area contributed by atoms with Crippen LogP contribution in [0.15, 0.2) is 35.7 Å². The van der Waals surface area contributed by atoms with Gasteiger partial charge in [0, 0.05) is 4.88 Å². The second kappa shape index (κ2) is 8.65. The third kappa shape index (κ3) is 5.21. The minimum absolute atomic E-state index is 0.0139. The molecule has 0 radical (unpaired) electrons. The Morgan fingerprint density at radius 1 is 1.38 bits per heavy atom. The summed E-state index contributed by atoms with van der Waals surface area (Å²) in [4.78, 5) is 24.4. The van der Waals surface area contributed by atoms with E-state index < -0.39 is 23.7 Å². The van der Waals surface area contributed by atoms with E-state index >= 15 is 0 Å². The molecule has 0 fully saturated rings. The summed E-state index contributed by atoms with van der Waals surface area (Å²) in [5.41, 5.74) is 0. The molecular weight excluding hydrogens is 357 g/mol. The van der Waals surface area contributed by atoms with Crippen molar-refractivity contribution in [1.82, 2.24) is 5.32 Å². The predicted octanol–water partition coefficient (Wildman–Crippen LogP) is 3.34. The van der Waals surface area contributed by atoms with Crippen LogP contribution in [0.5, 0.6) is 5.75 Å². The molecule has 0 spiro atoms. The van der Waals surface area contributed by atoms with Gasteiger partial charge in [-0.1, -0.05) is 17.7 Å². The maximum absolute atomic E-state index is 13.0. The molecule has 0 bridgehead atoms. The highest BCUT2D eigenvalue weighted by Crippen LogP contribution is 2.25. The van der Waals surface area contributed by atoms with Crippen molar-refractivity contribution < 1.29 is 23.5 Å². The molecule has 5 nitrogen and oxygen atoms in total. The van der Waals surface area contributed by atoms with Crippen molar-refractivity contribution >= 4 is 34.8 Å². The van der Waals surface area contributed by atoms with Crippen molar-refractivity contribution in [2.45, 2.75) is 12.5 Å². The van der Waals surface area contributed by atoms with Crippen LogP contribution in [0.25, 0.3) is 0 Å². The Hall–Kier alpha value is -2.12. The summed E-state index contributed by atoms with van der Waals surface area (Å²) in [6.07, 6.45) is 0.0139. The van der Waals surface area contributed by atoms with Crippen molar-refractivity contribution in [2.75, 3.05) is 13.7 Å². The van der Waals surface area contributed by atoms with Crippen LogP contribution in [0, 0.1) is 5.82 Å². The van der Waals surface area contributed by atoms with Gasteiger partial charge >= 0.3 is 5.97 Å². The number of nitrogens with one attached hydrogen (secondary N) is 1. The highest BCUT2D eigenvalue weighted by Gasteiger charge is 2.20. The molecule has 0 unspecified atom stereocenters. The van der Waals surface area contributed by atoms with Gasteiger partial charge in [-0.05, 0) is 29.6 Å². The fourth-order valence-corrected chi connectivity index (χ4v) is 2.93. The molecule has 0 aliphatic heterocycles. The number of amides is 1. The van der Waals surface area contributed by atoms with Crippen molar-refractivity contribution in [3.05, 3.63) is 51.4 Å². The van der Waals surface area contributed by atoms with E-state index in [1.54, 1.807) is 0 Å². The number of hydrogen-bond acceptors (Lipinski definition) is 5. The predicted molar refractivity (Wildman–Crippen MR) is 88.7 cm³/mol. The highest BCUT2D eigenvalue weighted by atomic mass is 35.5. The molecule has 128 valence electrons. The standard InChI is InChI=1S/C16H15ClFNO4S/c1-22-16(21)8-12(14-3-2-6-24-14)19-15(20)9-23-13-5-4-10(18)7-11(13)17/h2-7,12H,8-9H2,1H3,(H,19,20)/t12-/m0/s1. The number of rotatable bonds is 7. The number of ether oxygens (including phenoxy) is 2. The molecule has 0 aliphatic rings. The number of carbonyl (C=O) groups is 2. The molecule has 1 aromatic heterocycles. The van der Waals surface area contributed by atoms with Crippen molar-refractivity contribution in [2.24, 2.45) is 0 Å². The van der Waals surface area contributed by atoms with E-state index in [0.29, 0.717) is 0 Å². The molecule has 1 atom stereocenters. The molecule has 0 saturated heterocycles. The lowest BCUT2D eigenvalue weighted by Crippen LogP contribution is -2.33. The number of hydrogen-bond donors (Lipinski definition) is 1. The number of halogens is 2. The molecule has 1 heterocycles. The van der Waals surface area contributed by atoms with Crippen LogP contribution in [0.1, 0.15) is 17.3 Å². The van der Waals surface area contributed by atoms with Crippen LogP contribution < -0.4 is 10.1 Å². The van der Waals surface area contributed by atoms with Gasteiger partial charge < -0.3 is 14.8 Å². The fraction of sp³-hybridized carbons (Fsp3) is 0.250. The Morgan fingerprint density at radius 3 is 2.79 bits per heavy atom. The lowest BCUT2D eigenvalue weighted by atomic mass is 10.1. The summed E-state index contributed by atoms with van der Waals surface area (Å²) in [7, 11) is 1.29. The van der Waals surface area contributed by atoms with E-state index in [1.165, 1.54) is 30.6 Å². The second-order valence-electron chi connectivity index (χ2n) is 4.78. The quantitative estimate of drug-likeness (QED) is 0.758. The Bertz CT molecular complexity index is 708. The zero-order valence-corrected chi connectivity index (χ0v) is 14.3. The summed E-state index contributed by atoms with van der Waals surface area (Å²) >= 11 is 7.25. The zero-order valence-electron chi connectivity index (χ0n) is 12.8. The first-order valence-electron chi connectivity index (χ1n) is 6.97. The third-order valence-corrected chi connectivity index (χ3v) is 4.35. The number of carbonyl (C=O) groups excluding carboxylic acids is 2. The van der Waals surface area contributed by atoms with E-state index in [-0.39, 0.29) is 23.8 Å². The topological polar surface area (TPSA) is 64.6 Å². The highest BCUT2D eigenvalue weighted by molar-refractivity contribution is 7.10.